The average Bonchev–Trinajstić information content (AvgIpc) is 2.69. The molecule has 0 saturated carbocycles. The Labute approximate surface area is 186 Å². The topological polar surface area (TPSA) is 41.1 Å². The molecule has 2 aromatic rings. The minimum absolute atomic E-state index is 0. The van der Waals surface area contributed by atoms with Gasteiger partial charge in [-0.3, -0.25) is 0 Å². The van der Waals surface area contributed by atoms with Gasteiger partial charge in [-0.25, -0.2) is 4.79 Å². The third-order valence-electron chi connectivity index (χ3n) is 5.71. The van der Waals surface area contributed by atoms with Crippen molar-refractivity contribution in [1.82, 2.24) is 5.32 Å². The zero-order chi connectivity index (χ0) is 19.0. The number of para-hydroxylation sites is 1. The van der Waals surface area contributed by atoms with Crippen LogP contribution >= 0.6 is 0 Å². The van der Waals surface area contributed by atoms with Crippen molar-refractivity contribution in [3.05, 3.63) is 66.2 Å². The van der Waals surface area contributed by atoms with E-state index >= 15 is 0 Å². The van der Waals surface area contributed by atoms with Crippen LogP contribution in [-0.4, -0.2) is 43.7 Å². The smallest absolute Gasteiger partial charge is 0.319 e. The summed E-state index contributed by atoms with van der Waals surface area (Å²) in [7, 11) is 2.36. The lowest BCUT2D eigenvalue weighted by Crippen LogP contribution is -3.00. The van der Waals surface area contributed by atoms with Crippen LogP contribution in [0, 0.1) is 5.92 Å². The second-order valence-electron chi connectivity index (χ2n) is 8.02. The molecule has 1 saturated heterocycles. The Bertz CT molecular complexity index is 700. The van der Waals surface area contributed by atoms with Crippen LogP contribution in [0.25, 0.3) is 0 Å². The van der Waals surface area contributed by atoms with Crippen LogP contribution in [0.3, 0.4) is 0 Å². The fourth-order valence-corrected chi connectivity index (χ4v) is 3.98. The molecule has 5 heteroatoms. The molecule has 152 valence electrons. The molecule has 0 aliphatic carbocycles. The molecule has 28 heavy (non-hydrogen) atoms. The highest BCUT2D eigenvalue weighted by Gasteiger charge is 2.29. The molecule has 1 heterocycles. The summed E-state index contributed by atoms with van der Waals surface area (Å²) < 4.78 is 1.13. The fraction of sp³-hybridized carbons (Fsp3) is 0.435. The van der Waals surface area contributed by atoms with Crippen molar-refractivity contribution in [3.8, 4) is 0 Å². The van der Waals surface area contributed by atoms with Gasteiger partial charge in [-0.05, 0) is 42.9 Å². The number of urea groups is 1. The Morgan fingerprint density at radius 3 is 2.25 bits per heavy atom. The number of benzene rings is 2. The minimum atomic E-state index is -0.120. The molecule has 2 N–H and O–H groups in total. The predicted octanol–water partition coefficient (Wildman–Crippen LogP) is 1.30. The number of hydrogen-bond donors (Lipinski definition) is 2. The largest absolute Gasteiger partial charge is 1.00 e. The van der Waals surface area contributed by atoms with Crippen LogP contribution in [0.2, 0.25) is 0 Å². The molecule has 0 spiro atoms. The van der Waals surface area contributed by atoms with Crippen LogP contribution in [0.5, 0.6) is 0 Å². The first-order valence-corrected chi connectivity index (χ1v) is 10.1. The summed E-state index contributed by atoms with van der Waals surface area (Å²) in [6.45, 7) is 4.34. The number of quaternary nitrogens is 1. The summed E-state index contributed by atoms with van der Waals surface area (Å²) in [6.07, 6.45) is 4.82. The Morgan fingerprint density at radius 1 is 1.00 bits per heavy atom. The third kappa shape index (κ3) is 7.43. The van der Waals surface area contributed by atoms with Crippen molar-refractivity contribution < 1.29 is 33.3 Å². The lowest BCUT2D eigenvalue weighted by atomic mass is 9.89. The quantitative estimate of drug-likeness (QED) is 0.341. The van der Waals surface area contributed by atoms with Crippen molar-refractivity contribution in [1.29, 1.82) is 0 Å². The van der Waals surface area contributed by atoms with Gasteiger partial charge in [-0.1, -0.05) is 48.5 Å². The first-order valence-electron chi connectivity index (χ1n) is 10.1. The van der Waals surface area contributed by atoms with Gasteiger partial charge in [-0.2, -0.15) is 0 Å². The van der Waals surface area contributed by atoms with Crippen LogP contribution in [0.1, 0.15) is 24.8 Å². The van der Waals surface area contributed by atoms with Gasteiger partial charge in [0.25, 0.3) is 0 Å². The van der Waals surface area contributed by atoms with Gasteiger partial charge in [0.2, 0.25) is 0 Å². The van der Waals surface area contributed by atoms with E-state index in [4.69, 9.17) is 0 Å². The highest BCUT2D eigenvalue weighted by Crippen LogP contribution is 2.25. The van der Waals surface area contributed by atoms with Crippen molar-refractivity contribution in [2.24, 2.45) is 5.92 Å². The molecule has 1 aliphatic heterocycles. The first kappa shape index (κ1) is 22.7. The fourth-order valence-electron chi connectivity index (χ4n) is 3.98. The number of carbonyl (C=O) groups is 1. The maximum atomic E-state index is 11.9. The van der Waals surface area contributed by atoms with Crippen LogP contribution in [-0.2, 0) is 6.42 Å². The number of amides is 2. The molecular formula is C23H32IN3O. The molecule has 3 rings (SSSR count). The van der Waals surface area contributed by atoms with Gasteiger partial charge in [0.1, 0.15) is 0 Å². The number of carbonyl (C=O) groups excluding carboxylic acids is 1. The van der Waals surface area contributed by atoms with Gasteiger partial charge in [0.05, 0.1) is 26.7 Å². The van der Waals surface area contributed by atoms with Gasteiger partial charge in [-0.15, -0.1) is 0 Å². The molecule has 2 aromatic carbocycles. The van der Waals surface area contributed by atoms with Crippen LogP contribution < -0.4 is 34.6 Å². The molecule has 0 atom stereocenters. The molecule has 0 bridgehead atoms. The molecule has 0 aromatic heterocycles. The zero-order valence-electron chi connectivity index (χ0n) is 16.7. The van der Waals surface area contributed by atoms with Crippen molar-refractivity contribution in [3.63, 3.8) is 0 Å². The SMILES string of the molecule is C[N+]1(CCCNC(=O)Nc2ccccc2)CCC(Cc2ccccc2)CC1.[I-]. The Balaban J connectivity index is 0.00000280. The summed E-state index contributed by atoms with van der Waals surface area (Å²) in [5.74, 6) is 0.813. The minimum Gasteiger partial charge on any atom is -1.00 e. The monoisotopic (exact) mass is 493 g/mol. The van der Waals surface area contributed by atoms with E-state index in [-0.39, 0.29) is 30.0 Å². The Kier molecular flexibility index (Phi) is 9.25. The van der Waals surface area contributed by atoms with E-state index in [0.29, 0.717) is 0 Å². The standard InChI is InChI=1S/C23H31N3O.HI/c1-26(16-8-15-24-23(27)25-22-11-6-3-7-12-22)17-13-21(14-18-26)19-20-9-4-2-5-10-20;/h2-7,9-12,21H,8,13-19H2,1H3,(H-,24,25,27);1H. The van der Waals surface area contributed by atoms with Crippen molar-refractivity contribution in [2.45, 2.75) is 25.7 Å². The highest BCUT2D eigenvalue weighted by molar-refractivity contribution is 5.89. The average molecular weight is 493 g/mol. The first-order chi connectivity index (χ1) is 13.1. The highest BCUT2D eigenvalue weighted by atomic mass is 127. The van der Waals surface area contributed by atoms with Crippen molar-refractivity contribution in [2.75, 3.05) is 38.5 Å². The second kappa shape index (κ2) is 11.4. The van der Waals surface area contributed by atoms with E-state index in [1.54, 1.807) is 0 Å². The van der Waals surface area contributed by atoms with E-state index in [1.165, 1.54) is 37.9 Å². The van der Waals surface area contributed by atoms with E-state index in [9.17, 15) is 4.79 Å². The summed E-state index contributed by atoms with van der Waals surface area (Å²) in [5, 5.41) is 5.83. The number of nitrogens with zero attached hydrogens (tertiary/aromatic N) is 1. The summed E-state index contributed by atoms with van der Waals surface area (Å²) >= 11 is 0. The molecule has 4 nitrogen and oxygen atoms in total. The van der Waals surface area contributed by atoms with Gasteiger partial charge < -0.3 is 39.1 Å². The summed E-state index contributed by atoms with van der Waals surface area (Å²) in [4.78, 5) is 11.9. The van der Waals surface area contributed by atoms with E-state index in [1.807, 2.05) is 30.3 Å². The van der Waals surface area contributed by atoms with Gasteiger partial charge >= 0.3 is 6.03 Å². The summed E-state index contributed by atoms with van der Waals surface area (Å²) in [6, 6.07) is 20.3. The molecule has 2 amide bonds. The molecular weight excluding hydrogens is 461 g/mol. The third-order valence-corrected chi connectivity index (χ3v) is 5.71. The number of likely N-dealkylation sites (tertiary alicyclic amines) is 1. The Hall–Kier alpha value is -1.60. The number of piperidine rings is 1. The van der Waals surface area contributed by atoms with E-state index in [2.05, 4.69) is 48.0 Å². The molecule has 0 unspecified atom stereocenters. The zero-order valence-corrected chi connectivity index (χ0v) is 18.9. The van der Waals surface area contributed by atoms with Gasteiger partial charge in [0.15, 0.2) is 0 Å². The maximum Gasteiger partial charge on any atom is 0.319 e. The number of hydrogen-bond acceptors (Lipinski definition) is 1. The number of halogens is 1. The normalized spacial score (nSPS) is 21.4. The van der Waals surface area contributed by atoms with E-state index in [0.717, 1.165) is 35.6 Å². The summed E-state index contributed by atoms with van der Waals surface area (Å²) in [5.41, 5.74) is 2.29. The lowest BCUT2D eigenvalue weighted by molar-refractivity contribution is -0.915. The molecule has 1 aliphatic rings. The maximum absolute atomic E-state index is 11.9. The molecule has 0 radical (unpaired) electrons. The predicted molar refractivity (Wildman–Crippen MR) is 112 cm³/mol. The number of anilines is 1. The lowest BCUT2D eigenvalue weighted by Gasteiger charge is -2.40. The van der Waals surface area contributed by atoms with E-state index < -0.39 is 0 Å². The number of nitrogens with one attached hydrogen (secondary N) is 2. The van der Waals surface area contributed by atoms with Crippen LogP contribution in [0.4, 0.5) is 10.5 Å². The Morgan fingerprint density at radius 2 is 1.61 bits per heavy atom. The molecule has 1 fully saturated rings. The van der Waals surface area contributed by atoms with Gasteiger partial charge in [0, 0.05) is 18.7 Å². The van der Waals surface area contributed by atoms with Crippen molar-refractivity contribution >= 4 is 11.7 Å². The van der Waals surface area contributed by atoms with Crippen LogP contribution in [0.15, 0.2) is 60.7 Å². The number of rotatable bonds is 7. The second-order valence-corrected chi connectivity index (χ2v) is 8.02.